The molecule has 25 heavy (non-hydrogen) atoms. The minimum absolute atomic E-state index is 0.115. The van der Waals surface area contributed by atoms with Crippen molar-refractivity contribution in [2.45, 2.75) is 51.7 Å². The fourth-order valence-electron chi connectivity index (χ4n) is 3.55. The van der Waals surface area contributed by atoms with E-state index in [2.05, 4.69) is 34.5 Å². The molecular formula is C20H23N3OS. The second-order valence-corrected chi connectivity index (χ2v) is 7.92. The molecule has 1 unspecified atom stereocenters. The van der Waals surface area contributed by atoms with E-state index in [4.69, 9.17) is 10.5 Å². The molecule has 0 radical (unpaired) electrons. The Hall–Kier alpha value is -1.98. The second-order valence-electron chi connectivity index (χ2n) is 6.95. The van der Waals surface area contributed by atoms with Crippen LogP contribution in [0.15, 0.2) is 36.1 Å². The Morgan fingerprint density at radius 1 is 1.16 bits per heavy atom. The van der Waals surface area contributed by atoms with E-state index in [1.165, 1.54) is 29.5 Å². The molecule has 0 aliphatic heterocycles. The van der Waals surface area contributed by atoms with Gasteiger partial charge in [0, 0.05) is 5.56 Å². The number of nitrogens with zero attached hydrogens (tertiary/aromatic N) is 2. The third-order valence-electron chi connectivity index (χ3n) is 4.70. The third-order valence-corrected chi connectivity index (χ3v) is 5.73. The van der Waals surface area contributed by atoms with Crippen LogP contribution in [0.1, 0.15) is 42.8 Å². The summed E-state index contributed by atoms with van der Waals surface area (Å²) < 4.78 is 5.77. The van der Waals surface area contributed by atoms with Crippen molar-refractivity contribution in [1.29, 1.82) is 0 Å². The highest BCUT2D eigenvalue weighted by molar-refractivity contribution is 7.15. The average Bonchev–Trinajstić information content (AvgIpc) is 3.24. The van der Waals surface area contributed by atoms with Crippen molar-refractivity contribution in [2.24, 2.45) is 5.73 Å². The summed E-state index contributed by atoms with van der Waals surface area (Å²) in [5.41, 5.74) is 11.6. The molecule has 0 spiro atoms. The molecule has 4 rings (SSSR count). The lowest BCUT2D eigenvalue weighted by atomic mass is 10.00. The SMILES string of the molecule is CC(C)OC1=CC=C(c2nnc(-c3cccc4c3CCC4)s2)CC1N. The number of nitrogens with two attached hydrogens (primary N) is 1. The first-order chi connectivity index (χ1) is 12.1. The van der Waals surface area contributed by atoms with Gasteiger partial charge >= 0.3 is 0 Å². The van der Waals surface area contributed by atoms with Crippen LogP contribution in [0.25, 0.3) is 16.1 Å². The zero-order valence-electron chi connectivity index (χ0n) is 14.7. The number of rotatable bonds is 4. The molecule has 2 aliphatic carbocycles. The van der Waals surface area contributed by atoms with Gasteiger partial charge < -0.3 is 10.5 Å². The van der Waals surface area contributed by atoms with Crippen molar-refractivity contribution in [2.75, 3.05) is 0 Å². The van der Waals surface area contributed by atoms with E-state index in [9.17, 15) is 0 Å². The zero-order valence-corrected chi connectivity index (χ0v) is 15.5. The topological polar surface area (TPSA) is 61.0 Å². The molecule has 0 saturated carbocycles. The van der Waals surface area contributed by atoms with E-state index < -0.39 is 0 Å². The normalized spacial score (nSPS) is 19.6. The largest absolute Gasteiger partial charge is 0.494 e. The molecule has 4 nitrogen and oxygen atoms in total. The third kappa shape index (κ3) is 3.26. The second kappa shape index (κ2) is 6.73. The van der Waals surface area contributed by atoms with E-state index in [-0.39, 0.29) is 12.1 Å². The van der Waals surface area contributed by atoms with Crippen LogP contribution in [-0.2, 0) is 17.6 Å². The van der Waals surface area contributed by atoms with Crippen LogP contribution in [0.4, 0.5) is 0 Å². The zero-order chi connectivity index (χ0) is 17.4. The van der Waals surface area contributed by atoms with E-state index >= 15 is 0 Å². The molecular weight excluding hydrogens is 330 g/mol. The minimum Gasteiger partial charge on any atom is -0.494 e. The van der Waals surface area contributed by atoms with Crippen LogP contribution in [0.2, 0.25) is 0 Å². The first-order valence-corrected chi connectivity index (χ1v) is 9.71. The van der Waals surface area contributed by atoms with Crippen molar-refractivity contribution >= 4 is 16.9 Å². The maximum absolute atomic E-state index is 6.27. The maximum Gasteiger partial charge on any atom is 0.148 e. The van der Waals surface area contributed by atoms with Crippen LogP contribution in [-0.4, -0.2) is 22.3 Å². The monoisotopic (exact) mass is 353 g/mol. The Kier molecular flexibility index (Phi) is 4.44. The molecule has 5 heteroatoms. The van der Waals surface area contributed by atoms with Gasteiger partial charge in [0.05, 0.1) is 12.1 Å². The van der Waals surface area contributed by atoms with Crippen molar-refractivity contribution in [1.82, 2.24) is 10.2 Å². The van der Waals surface area contributed by atoms with Crippen molar-refractivity contribution < 1.29 is 4.74 Å². The van der Waals surface area contributed by atoms with Gasteiger partial charge in [-0.3, -0.25) is 0 Å². The van der Waals surface area contributed by atoms with E-state index in [0.717, 1.165) is 34.2 Å². The van der Waals surface area contributed by atoms with Gasteiger partial charge in [0.2, 0.25) is 0 Å². The number of aromatic nitrogens is 2. The molecule has 2 aromatic rings. The highest BCUT2D eigenvalue weighted by Crippen LogP contribution is 2.36. The van der Waals surface area contributed by atoms with Gasteiger partial charge in [0.15, 0.2) is 0 Å². The Morgan fingerprint density at radius 2 is 2.00 bits per heavy atom. The van der Waals surface area contributed by atoms with Crippen LogP contribution in [0.5, 0.6) is 0 Å². The van der Waals surface area contributed by atoms with Crippen LogP contribution >= 0.6 is 11.3 Å². The standard InChI is InChI=1S/C20H23N3OS/c1-12(2)24-18-10-9-14(11-17(18)21)19-22-23-20(25-19)16-8-4-6-13-5-3-7-15(13)16/h4,6,8-10,12,17H,3,5,7,11,21H2,1-2H3. The molecule has 1 aromatic heterocycles. The lowest BCUT2D eigenvalue weighted by Crippen LogP contribution is -2.27. The molecule has 1 atom stereocenters. The van der Waals surface area contributed by atoms with Crippen LogP contribution in [0.3, 0.4) is 0 Å². The van der Waals surface area contributed by atoms with Gasteiger partial charge in [-0.15, -0.1) is 10.2 Å². The fourth-order valence-corrected chi connectivity index (χ4v) is 4.48. The first kappa shape index (κ1) is 16.5. The number of hydrogen-bond donors (Lipinski definition) is 1. The lowest BCUT2D eigenvalue weighted by molar-refractivity contribution is 0.133. The van der Waals surface area contributed by atoms with E-state index in [1.54, 1.807) is 11.3 Å². The van der Waals surface area contributed by atoms with E-state index in [0.29, 0.717) is 0 Å². The number of aryl methyl sites for hydroxylation is 1. The molecule has 130 valence electrons. The lowest BCUT2D eigenvalue weighted by Gasteiger charge is -2.22. The predicted octanol–water partition coefficient (Wildman–Crippen LogP) is 4.12. The summed E-state index contributed by atoms with van der Waals surface area (Å²) in [6.45, 7) is 4.03. The van der Waals surface area contributed by atoms with Gasteiger partial charge in [-0.25, -0.2) is 0 Å². The molecule has 2 aliphatic rings. The van der Waals surface area contributed by atoms with Gasteiger partial charge in [-0.1, -0.05) is 35.6 Å². The molecule has 0 bridgehead atoms. The number of fused-ring (bicyclic) bond motifs is 1. The van der Waals surface area contributed by atoms with Gasteiger partial charge in [-0.2, -0.15) is 0 Å². The van der Waals surface area contributed by atoms with E-state index in [1.807, 2.05) is 19.9 Å². The summed E-state index contributed by atoms with van der Waals surface area (Å²) in [6, 6.07) is 6.42. The molecule has 1 aromatic carbocycles. The Balaban J connectivity index is 1.61. The smallest absolute Gasteiger partial charge is 0.148 e. The van der Waals surface area contributed by atoms with Gasteiger partial charge in [0.1, 0.15) is 15.8 Å². The highest BCUT2D eigenvalue weighted by Gasteiger charge is 2.22. The molecule has 0 saturated heterocycles. The molecule has 0 amide bonds. The molecule has 2 N–H and O–H groups in total. The summed E-state index contributed by atoms with van der Waals surface area (Å²) in [5, 5.41) is 10.9. The Labute approximate surface area is 152 Å². The number of hydrogen-bond acceptors (Lipinski definition) is 5. The number of allylic oxidation sites excluding steroid dienone is 2. The summed E-state index contributed by atoms with van der Waals surface area (Å²) in [5.74, 6) is 0.851. The van der Waals surface area contributed by atoms with Crippen molar-refractivity contribution in [3.63, 3.8) is 0 Å². The van der Waals surface area contributed by atoms with Gasteiger partial charge in [-0.05, 0) is 62.3 Å². The summed E-state index contributed by atoms with van der Waals surface area (Å²) in [4.78, 5) is 0. The minimum atomic E-state index is -0.115. The quantitative estimate of drug-likeness (QED) is 0.898. The number of benzene rings is 1. The summed E-state index contributed by atoms with van der Waals surface area (Å²) in [6.07, 6.45) is 8.48. The first-order valence-electron chi connectivity index (χ1n) is 8.90. The molecule has 0 fully saturated rings. The van der Waals surface area contributed by atoms with Crippen molar-refractivity contribution in [3.05, 3.63) is 52.2 Å². The highest BCUT2D eigenvalue weighted by atomic mass is 32.1. The predicted molar refractivity (Wildman–Crippen MR) is 102 cm³/mol. The van der Waals surface area contributed by atoms with Gasteiger partial charge in [0.25, 0.3) is 0 Å². The fraction of sp³-hybridized carbons (Fsp3) is 0.400. The Morgan fingerprint density at radius 3 is 2.80 bits per heavy atom. The van der Waals surface area contributed by atoms with Crippen molar-refractivity contribution in [3.8, 4) is 10.6 Å². The van der Waals surface area contributed by atoms with Crippen LogP contribution < -0.4 is 5.73 Å². The maximum atomic E-state index is 6.27. The Bertz CT molecular complexity index is 850. The summed E-state index contributed by atoms with van der Waals surface area (Å²) in [7, 11) is 0. The molecule has 1 heterocycles. The average molecular weight is 353 g/mol. The van der Waals surface area contributed by atoms with Crippen LogP contribution in [0, 0.1) is 0 Å². The summed E-state index contributed by atoms with van der Waals surface area (Å²) >= 11 is 1.66. The number of ether oxygens (including phenoxy) is 1.